The van der Waals surface area contributed by atoms with Crippen LogP contribution < -0.4 is 5.32 Å². The first kappa shape index (κ1) is 14.0. The molecule has 3 nitrogen and oxygen atoms in total. The Bertz CT molecular complexity index is 649. The number of nitriles is 1. The number of rotatable bonds is 4. The van der Waals surface area contributed by atoms with Crippen molar-refractivity contribution < 1.29 is 4.79 Å². The molecular weight excluding hydrogens is 268 g/mol. The number of carbonyl (C=O) groups is 1. The van der Waals surface area contributed by atoms with Crippen molar-refractivity contribution in [3.63, 3.8) is 0 Å². The second-order valence-electron chi connectivity index (χ2n) is 4.35. The smallest absolute Gasteiger partial charge is 0.262 e. The average Bonchev–Trinajstić information content (AvgIpc) is 2.97. The molecule has 0 aliphatic heterocycles. The van der Waals surface area contributed by atoms with Crippen molar-refractivity contribution in [2.75, 3.05) is 0 Å². The van der Waals surface area contributed by atoms with Gasteiger partial charge in [-0.15, -0.1) is 11.3 Å². The molecule has 0 aliphatic rings. The summed E-state index contributed by atoms with van der Waals surface area (Å²) in [5.41, 5.74) is 2.31. The van der Waals surface area contributed by atoms with Gasteiger partial charge in [0.25, 0.3) is 5.91 Å². The minimum absolute atomic E-state index is 0.125. The monoisotopic (exact) mass is 282 g/mol. The van der Waals surface area contributed by atoms with Crippen LogP contribution in [0, 0.1) is 18.3 Å². The average molecular weight is 282 g/mol. The Morgan fingerprint density at radius 2 is 2.10 bits per heavy atom. The lowest BCUT2D eigenvalue weighted by Gasteiger charge is -2.04. The number of nitrogens with one attached hydrogen (secondary N) is 1. The van der Waals surface area contributed by atoms with Crippen LogP contribution in [0.3, 0.4) is 0 Å². The number of carbonyl (C=O) groups excluding carboxylic acids is 1. The predicted octanol–water partition coefficient (Wildman–Crippen LogP) is 3.28. The van der Waals surface area contributed by atoms with Crippen molar-refractivity contribution in [2.24, 2.45) is 0 Å². The third-order valence-corrected chi connectivity index (χ3v) is 3.59. The lowest BCUT2D eigenvalue weighted by atomic mass is 10.1. The minimum Gasteiger partial charge on any atom is -0.347 e. The fourth-order valence-electron chi connectivity index (χ4n) is 1.65. The molecule has 2 rings (SSSR count). The normalized spacial score (nSPS) is 10.9. The zero-order chi connectivity index (χ0) is 14.4. The number of aryl methyl sites for hydroxylation is 1. The quantitative estimate of drug-likeness (QED) is 0.691. The van der Waals surface area contributed by atoms with E-state index < -0.39 is 0 Å². The molecule has 1 amide bonds. The highest BCUT2D eigenvalue weighted by Gasteiger charge is 2.08. The van der Waals surface area contributed by atoms with E-state index in [1.807, 2.05) is 54.8 Å². The number of nitrogens with zero attached hydrogens (tertiary/aromatic N) is 1. The van der Waals surface area contributed by atoms with Gasteiger partial charge in [-0.25, -0.2) is 0 Å². The highest BCUT2D eigenvalue weighted by Crippen LogP contribution is 2.13. The molecule has 0 fully saturated rings. The number of hydrogen-bond acceptors (Lipinski definition) is 3. The summed E-state index contributed by atoms with van der Waals surface area (Å²) < 4.78 is 0. The molecule has 0 bridgehead atoms. The summed E-state index contributed by atoms with van der Waals surface area (Å²) in [5.74, 6) is -0.346. The molecule has 0 saturated heterocycles. The lowest BCUT2D eigenvalue weighted by molar-refractivity contribution is -0.117. The summed E-state index contributed by atoms with van der Waals surface area (Å²) in [6, 6.07) is 13.6. The third kappa shape index (κ3) is 3.81. The molecule has 2 aromatic rings. The fraction of sp³-hybridized carbons (Fsp3) is 0.125. The van der Waals surface area contributed by atoms with E-state index >= 15 is 0 Å². The molecular formula is C16H14N2OS. The Morgan fingerprint density at radius 1 is 1.35 bits per heavy atom. The maximum Gasteiger partial charge on any atom is 0.262 e. The molecule has 100 valence electrons. The van der Waals surface area contributed by atoms with E-state index in [1.165, 1.54) is 16.9 Å². The number of hydrogen-bond donors (Lipinski definition) is 1. The summed E-state index contributed by atoms with van der Waals surface area (Å²) in [6.45, 7) is 2.43. The van der Waals surface area contributed by atoms with Crippen LogP contribution in [0.5, 0.6) is 0 Å². The Labute approximate surface area is 122 Å². The Balaban J connectivity index is 2.00. The van der Waals surface area contributed by atoms with Crippen LogP contribution in [0.2, 0.25) is 0 Å². The van der Waals surface area contributed by atoms with E-state index in [0.29, 0.717) is 6.54 Å². The molecule has 20 heavy (non-hydrogen) atoms. The van der Waals surface area contributed by atoms with E-state index in [2.05, 4.69) is 5.32 Å². The van der Waals surface area contributed by atoms with Crippen molar-refractivity contribution >= 4 is 23.3 Å². The summed E-state index contributed by atoms with van der Waals surface area (Å²) >= 11 is 1.49. The van der Waals surface area contributed by atoms with Gasteiger partial charge in [0.2, 0.25) is 0 Å². The minimum atomic E-state index is -0.346. The standard InChI is InChI=1S/C16H14N2OS/c1-12-4-6-13(7-5-12)11-18-16(19)14(10-17)9-15-3-2-8-20-15/h2-9H,11H2,1H3,(H,18,19). The van der Waals surface area contributed by atoms with Crippen LogP contribution in [0.1, 0.15) is 16.0 Å². The molecule has 1 aromatic heterocycles. The molecule has 0 unspecified atom stereocenters. The van der Waals surface area contributed by atoms with Gasteiger partial charge in [-0.3, -0.25) is 4.79 Å². The SMILES string of the molecule is Cc1ccc(CNC(=O)C(C#N)=Cc2cccs2)cc1. The van der Waals surface area contributed by atoms with Gasteiger partial charge in [-0.05, 0) is 30.0 Å². The van der Waals surface area contributed by atoms with E-state index in [-0.39, 0.29) is 11.5 Å². The zero-order valence-corrected chi connectivity index (χ0v) is 11.9. The second-order valence-corrected chi connectivity index (χ2v) is 5.33. The van der Waals surface area contributed by atoms with Gasteiger partial charge in [0.1, 0.15) is 11.6 Å². The number of amides is 1. The van der Waals surface area contributed by atoms with Crippen LogP contribution in [0.4, 0.5) is 0 Å². The van der Waals surface area contributed by atoms with Gasteiger partial charge in [0, 0.05) is 11.4 Å². The van der Waals surface area contributed by atoms with Crippen LogP contribution >= 0.6 is 11.3 Å². The Morgan fingerprint density at radius 3 is 2.70 bits per heavy atom. The summed E-state index contributed by atoms with van der Waals surface area (Å²) in [4.78, 5) is 12.8. The van der Waals surface area contributed by atoms with Crippen molar-refractivity contribution in [3.05, 3.63) is 63.4 Å². The van der Waals surface area contributed by atoms with Crippen LogP contribution in [0.25, 0.3) is 6.08 Å². The molecule has 1 aromatic carbocycles. The fourth-order valence-corrected chi connectivity index (χ4v) is 2.31. The summed E-state index contributed by atoms with van der Waals surface area (Å²) in [5, 5.41) is 13.7. The van der Waals surface area contributed by atoms with Gasteiger partial charge in [0.05, 0.1) is 0 Å². The van der Waals surface area contributed by atoms with E-state index in [0.717, 1.165) is 10.4 Å². The maximum atomic E-state index is 11.9. The van der Waals surface area contributed by atoms with E-state index in [4.69, 9.17) is 5.26 Å². The lowest BCUT2D eigenvalue weighted by Crippen LogP contribution is -2.23. The first-order chi connectivity index (χ1) is 9.69. The Hall–Kier alpha value is -2.38. The molecule has 0 radical (unpaired) electrons. The van der Waals surface area contributed by atoms with Crippen molar-refractivity contribution in [1.82, 2.24) is 5.32 Å². The molecule has 4 heteroatoms. The van der Waals surface area contributed by atoms with Gasteiger partial charge >= 0.3 is 0 Å². The molecule has 0 atom stereocenters. The molecule has 0 aliphatic carbocycles. The first-order valence-electron chi connectivity index (χ1n) is 6.18. The van der Waals surface area contributed by atoms with Crippen LogP contribution in [-0.2, 0) is 11.3 Å². The van der Waals surface area contributed by atoms with Crippen molar-refractivity contribution in [3.8, 4) is 6.07 Å². The van der Waals surface area contributed by atoms with E-state index in [9.17, 15) is 4.79 Å². The van der Waals surface area contributed by atoms with Crippen LogP contribution in [0.15, 0.2) is 47.4 Å². The van der Waals surface area contributed by atoms with Crippen LogP contribution in [-0.4, -0.2) is 5.91 Å². The molecule has 0 saturated carbocycles. The van der Waals surface area contributed by atoms with Gasteiger partial charge in [-0.2, -0.15) is 5.26 Å². The van der Waals surface area contributed by atoms with E-state index in [1.54, 1.807) is 6.08 Å². The highest BCUT2D eigenvalue weighted by molar-refractivity contribution is 7.10. The van der Waals surface area contributed by atoms with Gasteiger partial charge in [0.15, 0.2) is 0 Å². The predicted molar refractivity (Wildman–Crippen MR) is 80.9 cm³/mol. The molecule has 0 spiro atoms. The first-order valence-corrected chi connectivity index (χ1v) is 7.06. The highest BCUT2D eigenvalue weighted by atomic mass is 32.1. The summed E-state index contributed by atoms with van der Waals surface area (Å²) in [6.07, 6.45) is 1.61. The largest absolute Gasteiger partial charge is 0.347 e. The third-order valence-electron chi connectivity index (χ3n) is 2.77. The topological polar surface area (TPSA) is 52.9 Å². The molecule has 1 N–H and O–H groups in total. The van der Waals surface area contributed by atoms with Crippen molar-refractivity contribution in [1.29, 1.82) is 5.26 Å². The zero-order valence-electron chi connectivity index (χ0n) is 11.1. The number of thiophene rings is 1. The maximum absolute atomic E-state index is 11.9. The Kier molecular flexibility index (Phi) is 4.70. The molecule has 1 heterocycles. The second kappa shape index (κ2) is 6.69. The van der Waals surface area contributed by atoms with Gasteiger partial charge in [-0.1, -0.05) is 35.9 Å². The summed E-state index contributed by atoms with van der Waals surface area (Å²) in [7, 11) is 0. The number of benzene rings is 1. The van der Waals surface area contributed by atoms with Crippen molar-refractivity contribution in [2.45, 2.75) is 13.5 Å². The van der Waals surface area contributed by atoms with Gasteiger partial charge < -0.3 is 5.32 Å².